The highest BCUT2D eigenvalue weighted by atomic mass is 35.5. The number of nitrogens with zero attached hydrogens (tertiary/aromatic N) is 2. The van der Waals surface area contributed by atoms with E-state index in [1.54, 1.807) is 18.3 Å². The Morgan fingerprint density at radius 2 is 2.18 bits per heavy atom. The molecule has 0 saturated heterocycles. The zero-order valence-electron chi connectivity index (χ0n) is 9.60. The summed E-state index contributed by atoms with van der Waals surface area (Å²) in [5.74, 6) is 0.848. The fraction of sp³-hybridized carbons (Fsp3) is 0.538. The summed E-state index contributed by atoms with van der Waals surface area (Å²) in [5, 5.41) is 0.387. The van der Waals surface area contributed by atoms with Crippen molar-refractivity contribution >= 4 is 17.5 Å². The second kappa shape index (κ2) is 4.30. The van der Waals surface area contributed by atoms with Gasteiger partial charge in [-0.2, -0.15) is 0 Å². The van der Waals surface area contributed by atoms with Gasteiger partial charge < -0.3 is 4.90 Å². The van der Waals surface area contributed by atoms with Gasteiger partial charge >= 0.3 is 0 Å². The van der Waals surface area contributed by atoms with Crippen LogP contribution >= 0.6 is 11.6 Å². The van der Waals surface area contributed by atoms with E-state index in [9.17, 15) is 4.79 Å². The molecule has 0 aromatic carbocycles. The van der Waals surface area contributed by atoms with Crippen LogP contribution in [-0.4, -0.2) is 28.4 Å². The predicted octanol–water partition coefficient (Wildman–Crippen LogP) is 2.75. The van der Waals surface area contributed by atoms with Gasteiger partial charge in [0.2, 0.25) is 0 Å². The Morgan fingerprint density at radius 3 is 2.76 bits per heavy atom. The molecular weight excluding hydrogens is 236 g/mol. The van der Waals surface area contributed by atoms with E-state index in [1.165, 1.54) is 12.8 Å². The van der Waals surface area contributed by atoms with Crippen LogP contribution in [0.3, 0.4) is 0 Å². The minimum atomic E-state index is 0.115. The van der Waals surface area contributed by atoms with Crippen LogP contribution in [0, 0.1) is 5.92 Å². The Kier molecular flexibility index (Phi) is 2.79. The van der Waals surface area contributed by atoms with Crippen LogP contribution in [0.25, 0.3) is 0 Å². The third-order valence-corrected chi connectivity index (χ3v) is 3.58. The molecule has 2 aliphatic carbocycles. The van der Waals surface area contributed by atoms with E-state index in [1.807, 2.05) is 4.90 Å². The highest BCUT2D eigenvalue weighted by Crippen LogP contribution is 2.35. The van der Waals surface area contributed by atoms with Gasteiger partial charge in [-0.05, 0) is 43.7 Å². The maximum absolute atomic E-state index is 12.4. The van der Waals surface area contributed by atoms with E-state index in [-0.39, 0.29) is 5.91 Å². The third kappa shape index (κ3) is 2.60. The predicted molar refractivity (Wildman–Crippen MR) is 66.0 cm³/mol. The molecule has 2 saturated carbocycles. The Labute approximate surface area is 106 Å². The van der Waals surface area contributed by atoms with E-state index < -0.39 is 0 Å². The molecule has 1 heterocycles. The van der Waals surface area contributed by atoms with Crippen LogP contribution in [0.4, 0.5) is 0 Å². The molecule has 1 aromatic heterocycles. The minimum Gasteiger partial charge on any atom is -0.335 e. The van der Waals surface area contributed by atoms with Crippen molar-refractivity contribution in [3.63, 3.8) is 0 Å². The Morgan fingerprint density at radius 1 is 1.41 bits per heavy atom. The molecule has 2 aliphatic rings. The summed E-state index contributed by atoms with van der Waals surface area (Å²) in [7, 11) is 0. The molecule has 0 aliphatic heterocycles. The number of rotatable bonds is 4. The lowest BCUT2D eigenvalue weighted by molar-refractivity contribution is 0.0734. The lowest BCUT2D eigenvalue weighted by Crippen LogP contribution is -2.34. The van der Waals surface area contributed by atoms with Crippen molar-refractivity contribution in [3.8, 4) is 0 Å². The Bertz CT molecular complexity index is 441. The van der Waals surface area contributed by atoms with Crippen molar-refractivity contribution in [1.82, 2.24) is 9.88 Å². The van der Waals surface area contributed by atoms with Gasteiger partial charge in [0, 0.05) is 24.3 Å². The van der Waals surface area contributed by atoms with E-state index in [2.05, 4.69) is 4.98 Å². The summed E-state index contributed by atoms with van der Waals surface area (Å²) >= 11 is 5.83. The number of halogens is 1. The highest BCUT2D eigenvalue weighted by Gasteiger charge is 2.36. The zero-order chi connectivity index (χ0) is 11.8. The standard InChI is InChI=1S/C13H15ClN2O/c14-12-7-10(5-6-15-12)13(17)16(11-3-4-11)8-9-1-2-9/h5-7,9,11H,1-4,8H2. The van der Waals surface area contributed by atoms with Gasteiger partial charge in [-0.25, -0.2) is 4.98 Å². The Balaban J connectivity index is 1.77. The summed E-state index contributed by atoms with van der Waals surface area (Å²) in [6, 6.07) is 3.87. The molecule has 0 bridgehead atoms. The molecule has 4 heteroatoms. The van der Waals surface area contributed by atoms with Gasteiger partial charge in [0.05, 0.1) is 0 Å². The van der Waals surface area contributed by atoms with E-state index >= 15 is 0 Å². The van der Waals surface area contributed by atoms with Crippen LogP contribution in [0.2, 0.25) is 5.15 Å². The van der Waals surface area contributed by atoms with Crippen LogP contribution in [0.5, 0.6) is 0 Å². The second-order valence-corrected chi connectivity index (χ2v) is 5.39. The van der Waals surface area contributed by atoms with Gasteiger partial charge in [-0.1, -0.05) is 11.6 Å². The van der Waals surface area contributed by atoms with Crippen LogP contribution < -0.4 is 0 Å². The van der Waals surface area contributed by atoms with Crippen molar-refractivity contribution in [2.45, 2.75) is 31.7 Å². The molecule has 0 N–H and O–H groups in total. The highest BCUT2D eigenvalue weighted by molar-refractivity contribution is 6.29. The number of hydrogen-bond acceptors (Lipinski definition) is 2. The Hall–Kier alpha value is -1.09. The molecule has 0 atom stereocenters. The lowest BCUT2D eigenvalue weighted by Gasteiger charge is -2.22. The lowest BCUT2D eigenvalue weighted by atomic mass is 10.2. The normalized spacial score (nSPS) is 19.1. The molecule has 90 valence electrons. The van der Waals surface area contributed by atoms with Crippen molar-refractivity contribution < 1.29 is 4.79 Å². The monoisotopic (exact) mass is 250 g/mol. The smallest absolute Gasteiger partial charge is 0.254 e. The zero-order valence-corrected chi connectivity index (χ0v) is 10.4. The molecule has 0 unspecified atom stereocenters. The number of carbonyl (C=O) groups is 1. The first kappa shape index (κ1) is 11.0. The third-order valence-electron chi connectivity index (χ3n) is 3.37. The second-order valence-electron chi connectivity index (χ2n) is 5.00. The van der Waals surface area contributed by atoms with Gasteiger partial charge in [0.15, 0.2) is 0 Å². The van der Waals surface area contributed by atoms with Gasteiger partial charge in [0.25, 0.3) is 5.91 Å². The maximum Gasteiger partial charge on any atom is 0.254 e. The molecule has 1 aromatic rings. The van der Waals surface area contributed by atoms with Gasteiger partial charge in [-0.3, -0.25) is 4.79 Å². The van der Waals surface area contributed by atoms with Crippen LogP contribution in [-0.2, 0) is 0 Å². The number of amides is 1. The largest absolute Gasteiger partial charge is 0.335 e. The average molecular weight is 251 g/mol. The van der Waals surface area contributed by atoms with E-state index in [0.717, 1.165) is 25.3 Å². The van der Waals surface area contributed by atoms with E-state index in [4.69, 9.17) is 11.6 Å². The van der Waals surface area contributed by atoms with Crippen LogP contribution in [0.15, 0.2) is 18.3 Å². The van der Waals surface area contributed by atoms with Crippen molar-refractivity contribution in [2.24, 2.45) is 5.92 Å². The minimum absolute atomic E-state index is 0.115. The van der Waals surface area contributed by atoms with Crippen molar-refractivity contribution in [3.05, 3.63) is 29.0 Å². The fourth-order valence-electron chi connectivity index (χ4n) is 2.06. The van der Waals surface area contributed by atoms with Gasteiger partial charge in [0.1, 0.15) is 5.15 Å². The molecule has 17 heavy (non-hydrogen) atoms. The quantitative estimate of drug-likeness (QED) is 0.770. The summed E-state index contributed by atoms with van der Waals surface area (Å²) in [4.78, 5) is 18.3. The maximum atomic E-state index is 12.4. The fourth-order valence-corrected chi connectivity index (χ4v) is 2.24. The molecule has 1 amide bonds. The first-order valence-electron chi connectivity index (χ1n) is 6.16. The van der Waals surface area contributed by atoms with Gasteiger partial charge in [-0.15, -0.1) is 0 Å². The number of carbonyl (C=O) groups excluding carboxylic acids is 1. The summed E-state index contributed by atoms with van der Waals surface area (Å²) < 4.78 is 0. The molecule has 0 radical (unpaired) electrons. The van der Waals surface area contributed by atoms with Crippen molar-refractivity contribution in [2.75, 3.05) is 6.54 Å². The molecule has 3 nitrogen and oxygen atoms in total. The van der Waals surface area contributed by atoms with Crippen LogP contribution in [0.1, 0.15) is 36.0 Å². The topological polar surface area (TPSA) is 33.2 Å². The molecule has 2 fully saturated rings. The number of hydrogen-bond donors (Lipinski definition) is 0. The number of pyridine rings is 1. The average Bonchev–Trinajstić information content (AvgIpc) is 3.16. The molecular formula is C13H15ClN2O. The van der Waals surface area contributed by atoms with E-state index in [0.29, 0.717) is 16.8 Å². The molecule has 3 rings (SSSR count). The molecule has 0 spiro atoms. The summed E-state index contributed by atoms with van der Waals surface area (Å²) in [6.07, 6.45) is 6.44. The first-order valence-corrected chi connectivity index (χ1v) is 6.54. The van der Waals surface area contributed by atoms with Crippen molar-refractivity contribution in [1.29, 1.82) is 0 Å². The number of aromatic nitrogens is 1. The first-order chi connectivity index (χ1) is 8.24. The summed E-state index contributed by atoms with van der Waals surface area (Å²) in [6.45, 7) is 0.920. The summed E-state index contributed by atoms with van der Waals surface area (Å²) in [5.41, 5.74) is 0.664. The SMILES string of the molecule is O=C(c1ccnc(Cl)c1)N(CC1CC1)C1CC1.